The Hall–Kier alpha value is -2.53. The molecule has 0 aliphatic carbocycles. The number of phenols is 2. The first-order chi connectivity index (χ1) is 9.10. The Morgan fingerprint density at radius 2 is 2.00 bits per heavy atom. The first-order valence-electron chi connectivity index (χ1n) is 5.54. The fourth-order valence-corrected chi connectivity index (χ4v) is 1.52. The fraction of sp³-hybridized carbons (Fsp3) is 0.0714. The number of aliphatic hydroxyl groups excluding tert-OH is 1. The number of aliphatic hydroxyl groups is 1. The number of phenolic OH excluding ortho intramolecular Hbond substituents is 2. The number of ketones is 1. The Morgan fingerprint density at radius 3 is 2.63 bits per heavy atom. The standard InChI is InChI=1S/C14H12O5/c15-8-11-4-6-14(19-11)12(17)5-2-9-1-3-10(16)7-13(9)18/h1-7,15-16,18H,8H2/b5-2+. The Kier molecular flexibility index (Phi) is 3.68. The summed E-state index contributed by atoms with van der Waals surface area (Å²) in [5.74, 6) is -0.144. The Labute approximate surface area is 109 Å². The number of rotatable bonds is 4. The van der Waals surface area contributed by atoms with Gasteiger partial charge in [-0.3, -0.25) is 4.79 Å². The van der Waals surface area contributed by atoms with Crippen molar-refractivity contribution in [3.63, 3.8) is 0 Å². The van der Waals surface area contributed by atoms with Crippen LogP contribution in [0.1, 0.15) is 21.9 Å². The van der Waals surface area contributed by atoms with E-state index in [1.807, 2.05) is 0 Å². The number of carbonyl (C=O) groups excluding carboxylic acids is 1. The quantitative estimate of drug-likeness (QED) is 0.578. The molecule has 0 spiro atoms. The summed E-state index contributed by atoms with van der Waals surface area (Å²) < 4.78 is 5.08. The summed E-state index contributed by atoms with van der Waals surface area (Å²) in [6, 6.07) is 7.05. The third-order valence-corrected chi connectivity index (χ3v) is 2.49. The van der Waals surface area contributed by atoms with E-state index < -0.39 is 0 Å². The van der Waals surface area contributed by atoms with Crippen LogP contribution in [0.4, 0.5) is 0 Å². The second kappa shape index (κ2) is 5.41. The van der Waals surface area contributed by atoms with Gasteiger partial charge in [-0.15, -0.1) is 0 Å². The molecular weight excluding hydrogens is 248 g/mol. The molecule has 5 heteroatoms. The molecule has 1 aromatic carbocycles. The highest BCUT2D eigenvalue weighted by molar-refractivity contribution is 6.05. The smallest absolute Gasteiger partial charge is 0.221 e. The van der Waals surface area contributed by atoms with Crippen LogP contribution in [-0.2, 0) is 6.61 Å². The van der Waals surface area contributed by atoms with Gasteiger partial charge in [-0.05, 0) is 36.4 Å². The maximum atomic E-state index is 11.7. The molecule has 0 aliphatic heterocycles. The van der Waals surface area contributed by atoms with Crippen molar-refractivity contribution in [3.05, 3.63) is 53.5 Å². The highest BCUT2D eigenvalue weighted by atomic mass is 16.4. The van der Waals surface area contributed by atoms with E-state index in [4.69, 9.17) is 14.6 Å². The van der Waals surface area contributed by atoms with Gasteiger partial charge < -0.3 is 19.7 Å². The summed E-state index contributed by atoms with van der Waals surface area (Å²) in [6.07, 6.45) is 2.66. The highest BCUT2D eigenvalue weighted by Gasteiger charge is 2.08. The SMILES string of the molecule is O=C(/C=C/c1ccc(O)cc1O)c1ccc(CO)o1. The summed E-state index contributed by atoms with van der Waals surface area (Å²) in [4.78, 5) is 11.7. The van der Waals surface area contributed by atoms with Gasteiger partial charge in [-0.25, -0.2) is 0 Å². The zero-order chi connectivity index (χ0) is 13.8. The lowest BCUT2D eigenvalue weighted by molar-refractivity contribution is 0.101. The minimum Gasteiger partial charge on any atom is -0.508 e. The maximum Gasteiger partial charge on any atom is 0.221 e. The van der Waals surface area contributed by atoms with Gasteiger partial charge in [0.15, 0.2) is 5.76 Å². The second-order valence-electron chi connectivity index (χ2n) is 3.86. The van der Waals surface area contributed by atoms with E-state index in [1.165, 1.54) is 42.5 Å². The fourth-order valence-electron chi connectivity index (χ4n) is 1.52. The molecule has 0 fully saturated rings. The minimum atomic E-state index is -0.382. The lowest BCUT2D eigenvalue weighted by Crippen LogP contribution is -1.91. The van der Waals surface area contributed by atoms with E-state index >= 15 is 0 Å². The van der Waals surface area contributed by atoms with E-state index in [-0.39, 0.29) is 29.6 Å². The molecule has 1 heterocycles. The maximum absolute atomic E-state index is 11.7. The number of carbonyl (C=O) groups is 1. The van der Waals surface area contributed by atoms with Gasteiger partial charge in [-0.1, -0.05) is 0 Å². The van der Waals surface area contributed by atoms with Crippen molar-refractivity contribution in [3.8, 4) is 11.5 Å². The summed E-state index contributed by atoms with van der Waals surface area (Å²) in [5.41, 5.74) is 0.403. The van der Waals surface area contributed by atoms with Gasteiger partial charge in [0, 0.05) is 11.6 Å². The molecule has 0 aliphatic rings. The van der Waals surface area contributed by atoms with Gasteiger partial charge >= 0.3 is 0 Å². The molecule has 1 aromatic heterocycles. The highest BCUT2D eigenvalue weighted by Crippen LogP contribution is 2.23. The predicted molar refractivity (Wildman–Crippen MR) is 67.8 cm³/mol. The van der Waals surface area contributed by atoms with Gasteiger partial charge in [0.2, 0.25) is 5.78 Å². The molecular formula is C14H12O5. The molecule has 0 unspecified atom stereocenters. The molecule has 2 rings (SSSR count). The number of allylic oxidation sites excluding steroid dienone is 1. The topological polar surface area (TPSA) is 90.9 Å². The molecule has 98 valence electrons. The zero-order valence-corrected chi connectivity index (χ0v) is 9.91. The van der Waals surface area contributed by atoms with Crippen molar-refractivity contribution in [2.24, 2.45) is 0 Å². The third-order valence-electron chi connectivity index (χ3n) is 2.49. The number of furan rings is 1. The van der Waals surface area contributed by atoms with Crippen LogP contribution in [-0.4, -0.2) is 21.1 Å². The predicted octanol–water partition coefficient (Wildman–Crippen LogP) is 2.08. The van der Waals surface area contributed by atoms with Crippen LogP contribution < -0.4 is 0 Å². The average molecular weight is 260 g/mol. The molecule has 0 saturated heterocycles. The van der Waals surface area contributed by atoms with Crippen molar-refractivity contribution in [1.82, 2.24) is 0 Å². The van der Waals surface area contributed by atoms with Gasteiger partial charge in [0.05, 0.1) is 0 Å². The van der Waals surface area contributed by atoms with Crippen LogP contribution in [0.2, 0.25) is 0 Å². The molecule has 2 aromatic rings. The average Bonchev–Trinajstić information content (AvgIpc) is 2.86. The summed E-state index contributed by atoms with van der Waals surface area (Å²) >= 11 is 0. The molecule has 3 N–H and O–H groups in total. The molecule has 0 saturated carbocycles. The lowest BCUT2D eigenvalue weighted by atomic mass is 10.1. The van der Waals surface area contributed by atoms with Gasteiger partial charge in [0.25, 0.3) is 0 Å². The molecule has 0 bridgehead atoms. The first-order valence-corrected chi connectivity index (χ1v) is 5.54. The van der Waals surface area contributed by atoms with E-state index in [0.717, 1.165) is 0 Å². The number of hydrogen-bond donors (Lipinski definition) is 3. The largest absolute Gasteiger partial charge is 0.508 e. The van der Waals surface area contributed by atoms with E-state index in [0.29, 0.717) is 11.3 Å². The molecule has 0 amide bonds. The first kappa shape index (κ1) is 12.9. The van der Waals surface area contributed by atoms with Crippen LogP contribution in [0, 0.1) is 0 Å². The molecule has 5 nitrogen and oxygen atoms in total. The normalized spacial score (nSPS) is 11.0. The Morgan fingerprint density at radius 1 is 1.21 bits per heavy atom. The van der Waals surface area contributed by atoms with E-state index in [9.17, 15) is 9.90 Å². The van der Waals surface area contributed by atoms with E-state index in [2.05, 4.69) is 0 Å². The van der Waals surface area contributed by atoms with Crippen LogP contribution in [0.3, 0.4) is 0 Å². The number of benzene rings is 1. The molecule has 19 heavy (non-hydrogen) atoms. The summed E-state index contributed by atoms with van der Waals surface area (Å²) in [5, 5.41) is 27.5. The monoisotopic (exact) mass is 260 g/mol. The minimum absolute atomic E-state index is 0.0559. The van der Waals surface area contributed by atoms with Crippen molar-refractivity contribution in [2.75, 3.05) is 0 Å². The van der Waals surface area contributed by atoms with Crippen molar-refractivity contribution < 1.29 is 24.5 Å². The third kappa shape index (κ3) is 3.02. The Bertz CT molecular complexity index is 625. The van der Waals surface area contributed by atoms with Crippen LogP contribution in [0.25, 0.3) is 6.08 Å². The van der Waals surface area contributed by atoms with Crippen LogP contribution in [0.15, 0.2) is 40.8 Å². The Balaban J connectivity index is 2.15. The van der Waals surface area contributed by atoms with Gasteiger partial charge in [0.1, 0.15) is 23.9 Å². The van der Waals surface area contributed by atoms with Gasteiger partial charge in [-0.2, -0.15) is 0 Å². The molecule has 0 radical (unpaired) electrons. The lowest BCUT2D eigenvalue weighted by Gasteiger charge is -1.98. The second-order valence-corrected chi connectivity index (χ2v) is 3.86. The summed E-state index contributed by atoms with van der Waals surface area (Å²) in [7, 11) is 0. The van der Waals surface area contributed by atoms with Crippen LogP contribution >= 0.6 is 0 Å². The van der Waals surface area contributed by atoms with Crippen molar-refractivity contribution in [2.45, 2.75) is 6.61 Å². The van der Waals surface area contributed by atoms with E-state index in [1.54, 1.807) is 0 Å². The zero-order valence-electron chi connectivity index (χ0n) is 9.91. The van der Waals surface area contributed by atoms with Crippen LogP contribution in [0.5, 0.6) is 11.5 Å². The molecule has 0 atom stereocenters. The number of aromatic hydroxyl groups is 2. The van der Waals surface area contributed by atoms with Crippen molar-refractivity contribution >= 4 is 11.9 Å². The number of hydrogen-bond acceptors (Lipinski definition) is 5. The summed E-state index contributed by atoms with van der Waals surface area (Å²) in [6.45, 7) is -0.268. The van der Waals surface area contributed by atoms with Crippen molar-refractivity contribution in [1.29, 1.82) is 0 Å².